The lowest BCUT2D eigenvalue weighted by Gasteiger charge is -2.48. The van der Waals surface area contributed by atoms with E-state index in [9.17, 15) is 0 Å². The van der Waals surface area contributed by atoms with Crippen molar-refractivity contribution in [2.24, 2.45) is 17.3 Å². The Kier molecular flexibility index (Phi) is 4.47. The van der Waals surface area contributed by atoms with E-state index in [1.165, 1.54) is 24.8 Å². The molecule has 2 heteroatoms. The quantitative estimate of drug-likeness (QED) is 0.504. The number of aryl methyl sites for hydroxylation is 1. The molecule has 2 aliphatic carbocycles. The Hall–Kier alpha value is -0.340. The van der Waals surface area contributed by atoms with Crippen LogP contribution in [0.2, 0.25) is 0 Å². The van der Waals surface area contributed by atoms with E-state index in [4.69, 9.17) is 4.74 Å². The molecule has 0 radical (unpaired) electrons. The highest BCUT2D eigenvalue weighted by molar-refractivity contribution is 9.09. The van der Waals surface area contributed by atoms with Crippen molar-refractivity contribution < 1.29 is 4.74 Å². The van der Waals surface area contributed by atoms with Crippen LogP contribution in [0, 0.1) is 17.3 Å². The van der Waals surface area contributed by atoms with E-state index in [-0.39, 0.29) is 5.60 Å². The van der Waals surface area contributed by atoms with Gasteiger partial charge < -0.3 is 4.74 Å². The van der Waals surface area contributed by atoms with Crippen molar-refractivity contribution in [3.63, 3.8) is 0 Å². The summed E-state index contributed by atoms with van der Waals surface area (Å²) >= 11 is 3.78. The van der Waals surface area contributed by atoms with Crippen molar-refractivity contribution in [1.29, 1.82) is 0 Å². The molecule has 2 aliphatic rings. The second-order valence-corrected chi connectivity index (χ2v) is 7.95. The largest absolute Gasteiger partial charge is 0.373 e. The van der Waals surface area contributed by atoms with E-state index in [0.29, 0.717) is 5.41 Å². The van der Waals surface area contributed by atoms with Crippen molar-refractivity contribution in [1.82, 2.24) is 0 Å². The van der Waals surface area contributed by atoms with Gasteiger partial charge in [-0.2, -0.15) is 0 Å². The molecule has 3 atom stereocenters. The van der Waals surface area contributed by atoms with E-state index in [2.05, 4.69) is 60.1 Å². The van der Waals surface area contributed by atoms with Crippen LogP contribution in [-0.4, -0.2) is 17.5 Å². The first kappa shape index (κ1) is 15.6. The molecule has 2 bridgehead atoms. The highest BCUT2D eigenvalue weighted by Crippen LogP contribution is 2.63. The van der Waals surface area contributed by atoms with Crippen LogP contribution in [0.1, 0.15) is 45.1 Å². The molecule has 0 aliphatic heterocycles. The number of ether oxygens (including phenoxy) is 1. The minimum atomic E-state index is 0.0621. The molecular weight excluding hydrogens is 324 g/mol. The third-order valence-corrected chi connectivity index (χ3v) is 7.05. The van der Waals surface area contributed by atoms with Crippen LogP contribution in [0.5, 0.6) is 0 Å². The maximum absolute atomic E-state index is 6.56. The highest BCUT2D eigenvalue weighted by Gasteiger charge is 2.63. The first-order valence-corrected chi connectivity index (χ1v) is 9.46. The van der Waals surface area contributed by atoms with Crippen molar-refractivity contribution in [2.45, 2.75) is 51.6 Å². The second-order valence-electron chi connectivity index (χ2n) is 7.39. The second kappa shape index (κ2) is 6.04. The van der Waals surface area contributed by atoms with Crippen molar-refractivity contribution >= 4 is 15.9 Å². The molecule has 0 saturated heterocycles. The van der Waals surface area contributed by atoms with Gasteiger partial charge in [0.2, 0.25) is 0 Å². The van der Waals surface area contributed by atoms with Crippen molar-refractivity contribution in [3.8, 4) is 0 Å². The third kappa shape index (κ3) is 2.59. The summed E-state index contributed by atoms with van der Waals surface area (Å²) in [4.78, 5) is 0. The number of hydrogen-bond donors (Lipinski definition) is 0. The number of hydrogen-bond acceptors (Lipinski definition) is 1. The monoisotopic (exact) mass is 350 g/mol. The van der Waals surface area contributed by atoms with E-state index >= 15 is 0 Å². The number of benzene rings is 1. The summed E-state index contributed by atoms with van der Waals surface area (Å²) in [5, 5.41) is 0.986. The van der Waals surface area contributed by atoms with Crippen LogP contribution in [0.15, 0.2) is 30.3 Å². The average molecular weight is 351 g/mol. The van der Waals surface area contributed by atoms with Gasteiger partial charge in [-0.3, -0.25) is 0 Å². The molecule has 1 nitrogen and oxygen atoms in total. The number of alkyl halides is 1. The lowest BCUT2D eigenvalue weighted by atomic mass is 9.66. The predicted molar refractivity (Wildman–Crippen MR) is 91.9 cm³/mol. The summed E-state index contributed by atoms with van der Waals surface area (Å²) in [6.45, 7) is 5.73. The Morgan fingerprint density at radius 1 is 1.14 bits per heavy atom. The maximum Gasteiger partial charge on any atom is 0.0860 e. The predicted octanol–water partition coefficient (Wildman–Crippen LogP) is 5.23. The SMILES string of the molecule is CC1(C)C2CCC(C2)C1(CBr)OCCCc1ccccc1. The molecule has 3 rings (SSSR count). The fourth-order valence-corrected chi connectivity index (χ4v) is 6.07. The first-order chi connectivity index (χ1) is 10.1. The number of fused-ring (bicyclic) bond motifs is 2. The third-order valence-electron chi connectivity index (χ3n) is 6.21. The molecule has 0 N–H and O–H groups in total. The topological polar surface area (TPSA) is 9.23 Å². The Bertz CT molecular complexity index is 470. The van der Waals surface area contributed by atoms with Gasteiger partial charge in [-0.1, -0.05) is 60.1 Å². The summed E-state index contributed by atoms with van der Waals surface area (Å²) in [7, 11) is 0. The van der Waals surface area contributed by atoms with Crippen LogP contribution in [0.25, 0.3) is 0 Å². The van der Waals surface area contributed by atoms with Gasteiger partial charge in [0.05, 0.1) is 5.60 Å². The van der Waals surface area contributed by atoms with Gasteiger partial charge in [-0.15, -0.1) is 0 Å². The summed E-state index contributed by atoms with van der Waals surface area (Å²) in [5.74, 6) is 1.61. The van der Waals surface area contributed by atoms with Gasteiger partial charge >= 0.3 is 0 Å². The van der Waals surface area contributed by atoms with Gasteiger partial charge in [0.15, 0.2) is 0 Å². The van der Waals surface area contributed by atoms with Crippen LogP contribution < -0.4 is 0 Å². The van der Waals surface area contributed by atoms with Crippen LogP contribution in [0.4, 0.5) is 0 Å². The molecular formula is C19H27BrO. The Labute approximate surface area is 137 Å². The fourth-order valence-electron chi connectivity index (χ4n) is 4.73. The van der Waals surface area contributed by atoms with Crippen molar-refractivity contribution in [2.75, 3.05) is 11.9 Å². The molecule has 2 saturated carbocycles. The molecule has 0 spiro atoms. The first-order valence-electron chi connectivity index (χ1n) is 8.34. The molecule has 21 heavy (non-hydrogen) atoms. The lowest BCUT2D eigenvalue weighted by Crippen LogP contribution is -2.53. The Morgan fingerprint density at radius 2 is 1.86 bits per heavy atom. The summed E-state index contributed by atoms with van der Waals surface area (Å²) in [5.41, 5.74) is 1.79. The van der Waals surface area contributed by atoms with Gasteiger partial charge in [0.1, 0.15) is 0 Å². The average Bonchev–Trinajstić information content (AvgIpc) is 3.05. The molecule has 0 amide bonds. The molecule has 0 heterocycles. The normalized spacial score (nSPS) is 33.5. The summed E-state index contributed by atoms with van der Waals surface area (Å²) in [6, 6.07) is 10.7. The molecule has 2 fully saturated rings. The summed E-state index contributed by atoms with van der Waals surface area (Å²) < 4.78 is 6.56. The van der Waals surface area contributed by atoms with Gasteiger partial charge in [-0.25, -0.2) is 0 Å². The molecule has 0 aromatic heterocycles. The molecule has 116 valence electrons. The zero-order valence-electron chi connectivity index (χ0n) is 13.3. The van der Waals surface area contributed by atoms with Crippen LogP contribution in [-0.2, 0) is 11.2 Å². The van der Waals surface area contributed by atoms with E-state index < -0.39 is 0 Å². The van der Waals surface area contributed by atoms with Gasteiger partial charge in [0, 0.05) is 11.9 Å². The van der Waals surface area contributed by atoms with E-state index in [1.54, 1.807) is 0 Å². The van der Waals surface area contributed by atoms with Crippen LogP contribution in [0.3, 0.4) is 0 Å². The minimum Gasteiger partial charge on any atom is -0.373 e. The van der Waals surface area contributed by atoms with Gasteiger partial charge in [-0.05, 0) is 54.9 Å². The molecule has 1 aromatic carbocycles. The number of halogens is 1. The molecule has 1 aromatic rings. The fraction of sp³-hybridized carbons (Fsp3) is 0.684. The summed E-state index contributed by atoms with van der Waals surface area (Å²) in [6.07, 6.45) is 6.37. The Morgan fingerprint density at radius 3 is 2.48 bits per heavy atom. The van der Waals surface area contributed by atoms with E-state index in [1.807, 2.05) is 0 Å². The van der Waals surface area contributed by atoms with Crippen LogP contribution >= 0.6 is 15.9 Å². The van der Waals surface area contributed by atoms with E-state index in [0.717, 1.165) is 36.6 Å². The maximum atomic E-state index is 6.56. The zero-order chi connectivity index (χ0) is 14.9. The van der Waals surface area contributed by atoms with Crippen molar-refractivity contribution in [3.05, 3.63) is 35.9 Å². The number of rotatable bonds is 6. The minimum absolute atomic E-state index is 0.0621. The standard InChI is InChI=1S/C19H27BrO/c1-18(2)16-10-11-17(13-16)19(18,14-20)21-12-6-9-15-7-4-3-5-8-15/h3-5,7-8,16-17H,6,9-14H2,1-2H3. The lowest BCUT2D eigenvalue weighted by molar-refractivity contribution is -0.137. The Balaban J connectivity index is 1.58. The zero-order valence-corrected chi connectivity index (χ0v) is 14.9. The smallest absolute Gasteiger partial charge is 0.0860 e. The molecule has 3 unspecified atom stereocenters. The highest BCUT2D eigenvalue weighted by atomic mass is 79.9. The van der Waals surface area contributed by atoms with Gasteiger partial charge in [0.25, 0.3) is 0 Å².